The van der Waals surface area contributed by atoms with Gasteiger partial charge >= 0.3 is 0 Å². The summed E-state index contributed by atoms with van der Waals surface area (Å²) in [4.78, 5) is 12.5. The van der Waals surface area contributed by atoms with Crippen molar-refractivity contribution in [2.45, 2.75) is 51.2 Å². The summed E-state index contributed by atoms with van der Waals surface area (Å²) >= 11 is 0. The summed E-state index contributed by atoms with van der Waals surface area (Å²) in [5.74, 6) is -0.601. The van der Waals surface area contributed by atoms with Gasteiger partial charge in [0.25, 0.3) is 0 Å². The molecule has 0 spiro atoms. The van der Waals surface area contributed by atoms with E-state index in [9.17, 15) is 9.18 Å². The van der Waals surface area contributed by atoms with Crippen molar-refractivity contribution in [3.63, 3.8) is 0 Å². The van der Waals surface area contributed by atoms with Gasteiger partial charge in [0, 0.05) is 18.6 Å². The summed E-state index contributed by atoms with van der Waals surface area (Å²) < 4.78 is 19.7. The standard InChI is InChI=1S/C17H23FN2O2/c1-2-13-10-11(8-9-22-13)17(21)20-16-14(18)4-3-5-15(16)19-12-6-7-12/h3-5,11-13,19H,2,6-10H2,1H3,(H,20,21)/t11-,13-/m0/s1. The van der Waals surface area contributed by atoms with Gasteiger partial charge in [-0.05, 0) is 44.2 Å². The van der Waals surface area contributed by atoms with Gasteiger partial charge in [-0.1, -0.05) is 13.0 Å². The van der Waals surface area contributed by atoms with Crippen molar-refractivity contribution < 1.29 is 13.9 Å². The number of hydrogen-bond donors (Lipinski definition) is 2. The van der Waals surface area contributed by atoms with Gasteiger partial charge in [-0.15, -0.1) is 0 Å². The average Bonchev–Trinajstić information content (AvgIpc) is 3.34. The Kier molecular flexibility index (Phi) is 4.62. The van der Waals surface area contributed by atoms with Crippen molar-refractivity contribution in [1.82, 2.24) is 0 Å². The number of benzene rings is 1. The van der Waals surface area contributed by atoms with E-state index in [2.05, 4.69) is 17.6 Å². The third kappa shape index (κ3) is 3.58. The van der Waals surface area contributed by atoms with Crippen LogP contribution in [-0.4, -0.2) is 24.7 Å². The quantitative estimate of drug-likeness (QED) is 0.875. The average molecular weight is 306 g/mol. The summed E-state index contributed by atoms with van der Waals surface area (Å²) in [6.07, 6.45) is 4.64. The molecule has 2 atom stereocenters. The zero-order valence-electron chi connectivity index (χ0n) is 12.9. The number of carbonyl (C=O) groups excluding carboxylic acids is 1. The minimum Gasteiger partial charge on any atom is -0.381 e. The number of para-hydroxylation sites is 1. The Labute approximate surface area is 130 Å². The highest BCUT2D eigenvalue weighted by Gasteiger charge is 2.28. The van der Waals surface area contributed by atoms with Crippen molar-refractivity contribution in [2.75, 3.05) is 17.2 Å². The van der Waals surface area contributed by atoms with Gasteiger partial charge in [0.15, 0.2) is 0 Å². The second-order valence-electron chi connectivity index (χ2n) is 6.19. The second kappa shape index (κ2) is 6.65. The molecule has 22 heavy (non-hydrogen) atoms. The normalized spacial score (nSPS) is 24.8. The number of hydrogen-bond acceptors (Lipinski definition) is 3. The summed E-state index contributed by atoms with van der Waals surface area (Å²) in [5.41, 5.74) is 0.953. The Hall–Kier alpha value is -1.62. The number of nitrogens with one attached hydrogen (secondary N) is 2. The van der Waals surface area contributed by atoms with E-state index < -0.39 is 5.82 Å². The molecule has 1 saturated carbocycles. The molecule has 2 fully saturated rings. The minimum atomic E-state index is -0.391. The van der Waals surface area contributed by atoms with Gasteiger partial charge in [0.1, 0.15) is 11.5 Å². The van der Waals surface area contributed by atoms with Crippen LogP contribution in [0.1, 0.15) is 39.0 Å². The number of anilines is 2. The van der Waals surface area contributed by atoms with Crippen molar-refractivity contribution in [3.8, 4) is 0 Å². The lowest BCUT2D eigenvalue weighted by atomic mass is 9.93. The molecule has 2 N–H and O–H groups in total. The van der Waals surface area contributed by atoms with Gasteiger partial charge in [-0.25, -0.2) is 4.39 Å². The number of carbonyl (C=O) groups is 1. The summed E-state index contributed by atoms with van der Waals surface area (Å²) in [6.45, 7) is 2.65. The van der Waals surface area contributed by atoms with E-state index in [1.165, 1.54) is 6.07 Å². The Bertz CT molecular complexity index is 545. The van der Waals surface area contributed by atoms with Crippen LogP contribution >= 0.6 is 0 Å². The number of amides is 1. The zero-order valence-corrected chi connectivity index (χ0v) is 12.9. The molecule has 1 aromatic carbocycles. The van der Waals surface area contributed by atoms with E-state index in [-0.39, 0.29) is 23.6 Å². The maximum atomic E-state index is 14.1. The summed E-state index contributed by atoms with van der Waals surface area (Å²) in [7, 11) is 0. The van der Waals surface area contributed by atoms with Crippen LogP contribution in [-0.2, 0) is 9.53 Å². The highest BCUT2D eigenvalue weighted by molar-refractivity contribution is 5.96. The fourth-order valence-electron chi connectivity index (χ4n) is 2.85. The molecule has 0 radical (unpaired) electrons. The van der Waals surface area contributed by atoms with Gasteiger partial charge in [-0.3, -0.25) is 4.79 Å². The first-order valence-electron chi connectivity index (χ1n) is 8.15. The largest absolute Gasteiger partial charge is 0.381 e. The molecule has 4 nitrogen and oxygen atoms in total. The van der Waals surface area contributed by atoms with Gasteiger partial charge in [0.05, 0.1) is 11.8 Å². The van der Waals surface area contributed by atoms with Crippen molar-refractivity contribution in [1.29, 1.82) is 0 Å². The van der Waals surface area contributed by atoms with Gasteiger partial charge in [0.2, 0.25) is 5.91 Å². The SMILES string of the molecule is CC[C@H]1C[C@@H](C(=O)Nc2c(F)cccc2NC2CC2)CCO1. The van der Waals surface area contributed by atoms with Crippen LogP contribution in [0.15, 0.2) is 18.2 Å². The number of rotatable bonds is 5. The molecular formula is C17H23FN2O2. The predicted molar refractivity (Wildman–Crippen MR) is 84.4 cm³/mol. The van der Waals surface area contributed by atoms with Crippen LogP contribution in [0.3, 0.4) is 0 Å². The Morgan fingerprint density at radius 3 is 2.91 bits per heavy atom. The molecule has 1 aliphatic heterocycles. The van der Waals surface area contributed by atoms with Gasteiger partial charge < -0.3 is 15.4 Å². The van der Waals surface area contributed by atoms with E-state index in [0.717, 1.165) is 19.3 Å². The molecule has 1 amide bonds. The highest BCUT2D eigenvalue weighted by atomic mass is 19.1. The molecule has 1 aliphatic carbocycles. The summed E-state index contributed by atoms with van der Waals surface area (Å²) in [6, 6.07) is 5.27. The van der Waals surface area contributed by atoms with Crippen LogP contribution in [0, 0.1) is 11.7 Å². The monoisotopic (exact) mass is 306 g/mol. The van der Waals surface area contributed by atoms with Crippen LogP contribution < -0.4 is 10.6 Å². The molecule has 1 saturated heterocycles. The molecule has 3 rings (SSSR count). The van der Waals surface area contributed by atoms with E-state index in [0.29, 0.717) is 31.2 Å². The third-order valence-corrected chi connectivity index (χ3v) is 4.39. The van der Waals surface area contributed by atoms with E-state index in [1.54, 1.807) is 6.07 Å². The molecule has 2 aliphatic rings. The van der Waals surface area contributed by atoms with E-state index >= 15 is 0 Å². The number of ether oxygens (including phenoxy) is 1. The third-order valence-electron chi connectivity index (χ3n) is 4.39. The Morgan fingerprint density at radius 2 is 2.18 bits per heavy atom. The fraction of sp³-hybridized carbons (Fsp3) is 0.588. The maximum absolute atomic E-state index is 14.1. The molecule has 0 unspecified atom stereocenters. The predicted octanol–water partition coefficient (Wildman–Crippen LogP) is 3.54. The lowest BCUT2D eigenvalue weighted by Crippen LogP contribution is -2.33. The summed E-state index contributed by atoms with van der Waals surface area (Å²) in [5, 5.41) is 6.07. The Balaban J connectivity index is 1.70. The molecule has 0 aromatic heterocycles. The maximum Gasteiger partial charge on any atom is 0.227 e. The molecular weight excluding hydrogens is 283 g/mol. The van der Waals surface area contributed by atoms with Crippen LogP contribution in [0.2, 0.25) is 0 Å². The number of halogens is 1. The van der Waals surface area contributed by atoms with E-state index in [1.807, 2.05) is 6.07 Å². The smallest absolute Gasteiger partial charge is 0.227 e. The first-order chi connectivity index (χ1) is 10.7. The minimum absolute atomic E-state index is 0.105. The van der Waals surface area contributed by atoms with Crippen LogP contribution in [0.25, 0.3) is 0 Å². The van der Waals surface area contributed by atoms with Crippen LogP contribution in [0.4, 0.5) is 15.8 Å². The molecule has 1 aromatic rings. The second-order valence-corrected chi connectivity index (χ2v) is 6.19. The van der Waals surface area contributed by atoms with Crippen molar-refractivity contribution in [3.05, 3.63) is 24.0 Å². The van der Waals surface area contributed by atoms with Crippen molar-refractivity contribution in [2.24, 2.45) is 5.92 Å². The zero-order chi connectivity index (χ0) is 15.5. The highest BCUT2D eigenvalue weighted by Crippen LogP contribution is 2.32. The first kappa shape index (κ1) is 15.3. The molecule has 120 valence electrons. The topological polar surface area (TPSA) is 50.4 Å². The fourth-order valence-corrected chi connectivity index (χ4v) is 2.85. The van der Waals surface area contributed by atoms with E-state index in [4.69, 9.17) is 4.74 Å². The molecule has 5 heteroatoms. The Morgan fingerprint density at radius 1 is 1.36 bits per heavy atom. The lowest BCUT2D eigenvalue weighted by Gasteiger charge is -2.28. The van der Waals surface area contributed by atoms with Gasteiger partial charge in [-0.2, -0.15) is 0 Å². The van der Waals surface area contributed by atoms with Crippen molar-refractivity contribution >= 4 is 17.3 Å². The molecule has 1 heterocycles. The molecule has 0 bridgehead atoms. The van der Waals surface area contributed by atoms with Crippen LogP contribution in [0.5, 0.6) is 0 Å². The lowest BCUT2D eigenvalue weighted by molar-refractivity contribution is -0.124. The first-order valence-corrected chi connectivity index (χ1v) is 8.15.